The maximum Gasteiger partial charge on any atom is 0.255 e. The maximum absolute atomic E-state index is 12.0. The summed E-state index contributed by atoms with van der Waals surface area (Å²) in [6, 6.07) is 5.54. The summed E-state index contributed by atoms with van der Waals surface area (Å²) in [7, 11) is 1.56. The Kier molecular flexibility index (Phi) is 6.29. The van der Waals surface area contributed by atoms with E-state index in [4.69, 9.17) is 22.7 Å². The van der Waals surface area contributed by atoms with E-state index in [0.717, 1.165) is 24.8 Å². The Morgan fingerprint density at radius 1 is 1.42 bits per heavy atom. The fourth-order valence-corrected chi connectivity index (χ4v) is 1.86. The highest BCUT2D eigenvalue weighted by molar-refractivity contribution is 7.80. The first-order valence-corrected chi connectivity index (χ1v) is 6.66. The van der Waals surface area contributed by atoms with Crippen LogP contribution in [0.15, 0.2) is 18.2 Å². The number of hydrogen-bond acceptors (Lipinski definition) is 3. The third kappa shape index (κ3) is 5.26. The number of amides is 1. The van der Waals surface area contributed by atoms with Crippen molar-refractivity contribution in [2.75, 3.05) is 13.7 Å². The predicted octanol–water partition coefficient (Wildman–Crippen LogP) is 2.19. The van der Waals surface area contributed by atoms with Crippen LogP contribution in [0.2, 0.25) is 0 Å². The Labute approximate surface area is 119 Å². The van der Waals surface area contributed by atoms with Gasteiger partial charge in [0.2, 0.25) is 0 Å². The second kappa shape index (κ2) is 7.74. The lowest BCUT2D eigenvalue weighted by Gasteiger charge is -2.10. The molecule has 0 saturated heterocycles. The molecule has 104 valence electrons. The van der Waals surface area contributed by atoms with Crippen molar-refractivity contribution in [3.63, 3.8) is 0 Å². The van der Waals surface area contributed by atoms with Gasteiger partial charge in [0.1, 0.15) is 5.75 Å². The number of aryl methyl sites for hydroxylation is 1. The standard InChI is InChI=1S/C14H20N2O2S/c1-10-6-7-12(18-2)11(9-10)14(17)16-8-4-3-5-13(15)19/h6-7,9H,3-5,8H2,1-2H3,(H2,15,19)(H,16,17). The molecule has 0 aliphatic rings. The number of unbranched alkanes of at least 4 members (excludes halogenated alkanes) is 1. The summed E-state index contributed by atoms with van der Waals surface area (Å²) in [5.41, 5.74) is 7.00. The number of rotatable bonds is 7. The van der Waals surface area contributed by atoms with Gasteiger partial charge in [0.25, 0.3) is 5.91 Å². The first-order chi connectivity index (χ1) is 9.04. The molecule has 0 bridgehead atoms. The van der Waals surface area contributed by atoms with E-state index in [2.05, 4.69) is 5.32 Å². The van der Waals surface area contributed by atoms with Gasteiger partial charge in [-0.15, -0.1) is 0 Å². The number of thiocarbonyl (C=S) groups is 1. The van der Waals surface area contributed by atoms with E-state index in [0.29, 0.717) is 22.8 Å². The summed E-state index contributed by atoms with van der Waals surface area (Å²) in [4.78, 5) is 12.6. The maximum atomic E-state index is 12.0. The molecule has 1 aromatic rings. The van der Waals surface area contributed by atoms with Crippen LogP contribution in [0.3, 0.4) is 0 Å². The SMILES string of the molecule is COc1ccc(C)cc1C(=O)NCCCCC(N)=S. The molecule has 1 amide bonds. The first-order valence-electron chi connectivity index (χ1n) is 6.25. The molecule has 0 heterocycles. The number of nitrogens with two attached hydrogens (primary N) is 1. The zero-order valence-corrected chi connectivity index (χ0v) is 12.2. The van der Waals surface area contributed by atoms with Crippen molar-refractivity contribution in [1.82, 2.24) is 5.32 Å². The van der Waals surface area contributed by atoms with Crippen LogP contribution < -0.4 is 15.8 Å². The lowest BCUT2D eigenvalue weighted by Crippen LogP contribution is -2.25. The Bertz CT molecular complexity index is 461. The lowest BCUT2D eigenvalue weighted by molar-refractivity contribution is 0.0950. The molecule has 5 heteroatoms. The van der Waals surface area contributed by atoms with Crippen molar-refractivity contribution >= 4 is 23.1 Å². The molecule has 0 aromatic heterocycles. The minimum atomic E-state index is -0.115. The van der Waals surface area contributed by atoms with Gasteiger partial charge >= 0.3 is 0 Å². The summed E-state index contributed by atoms with van der Waals surface area (Å²) in [5, 5.41) is 2.87. The van der Waals surface area contributed by atoms with Crippen molar-refractivity contribution in [2.45, 2.75) is 26.2 Å². The number of carbonyl (C=O) groups excluding carboxylic acids is 1. The highest BCUT2D eigenvalue weighted by atomic mass is 32.1. The monoisotopic (exact) mass is 280 g/mol. The van der Waals surface area contributed by atoms with E-state index in [1.54, 1.807) is 13.2 Å². The zero-order chi connectivity index (χ0) is 14.3. The molecule has 0 spiro atoms. The molecule has 0 saturated carbocycles. The second-order valence-corrected chi connectivity index (χ2v) is 4.91. The molecule has 0 unspecified atom stereocenters. The van der Waals surface area contributed by atoms with E-state index in [9.17, 15) is 4.79 Å². The van der Waals surface area contributed by atoms with E-state index >= 15 is 0 Å². The van der Waals surface area contributed by atoms with E-state index in [1.165, 1.54) is 0 Å². The number of benzene rings is 1. The summed E-state index contributed by atoms with van der Waals surface area (Å²) < 4.78 is 5.19. The molecule has 0 aliphatic carbocycles. The van der Waals surface area contributed by atoms with Gasteiger partial charge in [-0.05, 0) is 38.3 Å². The third-order valence-electron chi connectivity index (χ3n) is 2.74. The number of carbonyl (C=O) groups is 1. The van der Waals surface area contributed by atoms with Crippen molar-refractivity contribution in [3.8, 4) is 5.75 Å². The van der Waals surface area contributed by atoms with Gasteiger partial charge in [-0.2, -0.15) is 0 Å². The van der Waals surface area contributed by atoms with Crippen molar-refractivity contribution in [3.05, 3.63) is 29.3 Å². The van der Waals surface area contributed by atoms with E-state index in [-0.39, 0.29) is 5.91 Å². The Morgan fingerprint density at radius 2 is 2.16 bits per heavy atom. The van der Waals surface area contributed by atoms with Gasteiger partial charge in [-0.1, -0.05) is 23.8 Å². The van der Waals surface area contributed by atoms with Crippen LogP contribution >= 0.6 is 12.2 Å². The second-order valence-electron chi connectivity index (χ2n) is 4.38. The molecule has 1 rings (SSSR count). The molecule has 0 radical (unpaired) electrons. The minimum Gasteiger partial charge on any atom is -0.496 e. The van der Waals surface area contributed by atoms with E-state index < -0.39 is 0 Å². The fourth-order valence-electron chi connectivity index (χ4n) is 1.72. The summed E-state index contributed by atoms with van der Waals surface area (Å²) in [6.45, 7) is 2.55. The van der Waals surface area contributed by atoms with Crippen LogP contribution in [0.5, 0.6) is 5.75 Å². The highest BCUT2D eigenvalue weighted by Crippen LogP contribution is 2.19. The quantitative estimate of drug-likeness (QED) is 0.593. The van der Waals surface area contributed by atoms with Gasteiger partial charge in [0, 0.05) is 6.54 Å². The average molecular weight is 280 g/mol. The van der Waals surface area contributed by atoms with Crippen LogP contribution in [0.25, 0.3) is 0 Å². The molecule has 0 fully saturated rings. The lowest BCUT2D eigenvalue weighted by atomic mass is 10.1. The van der Waals surface area contributed by atoms with Crippen molar-refractivity contribution < 1.29 is 9.53 Å². The summed E-state index contributed by atoms with van der Waals surface area (Å²) >= 11 is 4.79. The molecule has 19 heavy (non-hydrogen) atoms. The number of nitrogens with one attached hydrogen (secondary N) is 1. The summed E-state index contributed by atoms with van der Waals surface area (Å²) in [6.07, 6.45) is 2.47. The number of hydrogen-bond donors (Lipinski definition) is 2. The Morgan fingerprint density at radius 3 is 2.79 bits per heavy atom. The third-order valence-corrected chi connectivity index (χ3v) is 2.94. The van der Waals surface area contributed by atoms with Crippen molar-refractivity contribution in [2.24, 2.45) is 5.73 Å². The predicted molar refractivity (Wildman–Crippen MR) is 80.7 cm³/mol. The molecule has 3 N–H and O–H groups in total. The topological polar surface area (TPSA) is 64.3 Å². The number of ether oxygens (including phenoxy) is 1. The van der Waals surface area contributed by atoms with Gasteiger partial charge in [0.15, 0.2) is 0 Å². The molecular weight excluding hydrogens is 260 g/mol. The van der Waals surface area contributed by atoms with Crippen molar-refractivity contribution in [1.29, 1.82) is 0 Å². The van der Waals surface area contributed by atoms with Crippen LogP contribution in [-0.4, -0.2) is 24.6 Å². The Balaban J connectivity index is 2.49. The molecule has 0 atom stereocenters. The minimum absolute atomic E-state index is 0.115. The first kappa shape index (κ1) is 15.4. The molecular formula is C14H20N2O2S. The molecule has 1 aromatic carbocycles. The molecule has 4 nitrogen and oxygen atoms in total. The van der Waals surface area contributed by atoms with Gasteiger partial charge in [-0.3, -0.25) is 4.79 Å². The zero-order valence-electron chi connectivity index (χ0n) is 11.4. The van der Waals surface area contributed by atoms with Crippen LogP contribution in [0.1, 0.15) is 35.2 Å². The largest absolute Gasteiger partial charge is 0.496 e. The van der Waals surface area contributed by atoms with Crippen LogP contribution in [0.4, 0.5) is 0 Å². The smallest absolute Gasteiger partial charge is 0.255 e. The van der Waals surface area contributed by atoms with Gasteiger partial charge < -0.3 is 15.8 Å². The molecule has 0 aliphatic heterocycles. The average Bonchev–Trinajstić information content (AvgIpc) is 2.37. The summed E-state index contributed by atoms with van der Waals surface area (Å²) in [5.74, 6) is 0.474. The van der Waals surface area contributed by atoms with Crippen LogP contribution in [-0.2, 0) is 0 Å². The van der Waals surface area contributed by atoms with E-state index in [1.807, 2.05) is 19.1 Å². The van der Waals surface area contributed by atoms with Crippen LogP contribution in [0, 0.1) is 6.92 Å². The highest BCUT2D eigenvalue weighted by Gasteiger charge is 2.11. The van der Waals surface area contributed by atoms with Gasteiger partial charge in [0.05, 0.1) is 17.7 Å². The van der Waals surface area contributed by atoms with Gasteiger partial charge in [-0.25, -0.2) is 0 Å². The normalized spacial score (nSPS) is 10.0. The fraction of sp³-hybridized carbons (Fsp3) is 0.429. The Hall–Kier alpha value is -1.62. The number of methoxy groups -OCH3 is 1.